The van der Waals surface area contributed by atoms with Crippen LogP contribution in [0.15, 0.2) is 103 Å². The molecule has 1 aliphatic carbocycles. The topological polar surface area (TPSA) is 26.0 Å². The van der Waals surface area contributed by atoms with Crippen molar-refractivity contribution in [1.82, 2.24) is 0 Å². The maximum absolute atomic E-state index is 6.41. The summed E-state index contributed by atoms with van der Waals surface area (Å²) in [5, 5.41) is 4.27. The van der Waals surface area contributed by atoms with E-state index in [0.29, 0.717) is 5.92 Å². The van der Waals surface area contributed by atoms with Gasteiger partial charge in [0.25, 0.3) is 0 Å². The molecule has 2 heteroatoms. The first-order valence-corrected chi connectivity index (χ1v) is 11.5. The quantitative estimate of drug-likeness (QED) is 0.379. The number of fused-ring (bicyclic) bond motifs is 1. The van der Waals surface area contributed by atoms with Crippen LogP contribution in [-0.2, 0) is 6.42 Å². The van der Waals surface area contributed by atoms with Crippen molar-refractivity contribution in [2.24, 2.45) is 0 Å². The van der Waals surface area contributed by atoms with Crippen LogP contribution in [0.4, 0.5) is 5.69 Å². The second-order valence-corrected chi connectivity index (χ2v) is 9.76. The standard InChI is InChI=1S/C27H24NP/c28-25-16-8-7-15-23(25)24-19-18-20-10-9-17-26(27(20)24)29(21-11-3-1-4-12-21)22-13-5-2-6-14-22/h1-17,24H,18-19,28H2. The molecule has 1 aliphatic rings. The van der Waals surface area contributed by atoms with Crippen molar-refractivity contribution in [2.75, 3.05) is 5.73 Å². The summed E-state index contributed by atoms with van der Waals surface area (Å²) in [6.45, 7) is 0. The van der Waals surface area contributed by atoms with E-state index in [9.17, 15) is 0 Å². The Hall–Kier alpha value is -2.89. The minimum absolute atomic E-state index is 0.375. The first kappa shape index (κ1) is 18.2. The molecule has 0 radical (unpaired) electrons. The highest BCUT2D eigenvalue weighted by Gasteiger charge is 2.31. The van der Waals surface area contributed by atoms with Gasteiger partial charge in [0.1, 0.15) is 0 Å². The average Bonchev–Trinajstić information content (AvgIpc) is 3.21. The number of nitrogen functional groups attached to an aromatic ring is 1. The molecule has 0 fully saturated rings. The van der Waals surface area contributed by atoms with E-state index >= 15 is 0 Å². The van der Waals surface area contributed by atoms with E-state index < -0.39 is 7.92 Å². The molecule has 0 heterocycles. The van der Waals surface area contributed by atoms with Crippen LogP contribution >= 0.6 is 7.92 Å². The number of benzene rings is 4. The zero-order valence-corrected chi connectivity index (χ0v) is 17.2. The van der Waals surface area contributed by atoms with Gasteiger partial charge in [-0.15, -0.1) is 0 Å². The molecule has 5 rings (SSSR count). The lowest BCUT2D eigenvalue weighted by molar-refractivity contribution is 0.793. The van der Waals surface area contributed by atoms with Crippen LogP contribution in [0.1, 0.15) is 29.0 Å². The monoisotopic (exact) mass is 393 g/mol. The second-order valence-electron chi connectivity index (χ2n) is 7.58. The van der Waals surface area contributed by atoms with Crippen molar-refractivity contribution < 1.29 is 0 Å². The van der Waals surface area contributed by atoms with Gasteiger partial charge < -0.3 is 5.73 Å². The minimum Gasteiger partial charge on any atom is -0.398 e. The molecule has 0 aromatic heterocycles. The van der Waals surface area contributed by atoms with E-state index in [-0.39, 0.29) is 0 Å². The number of rotatable bonds is 4. The molecule has 0 spiro atoms. The number of aryl methyl sites for hydroxylation is 1. The van der Waals surface area contributed by atoms with E-state index in [2.05, 4.69) is 91.0 Å². The summed E-state index contributed by atoms with van der Waals surface area (Å²) in [5.41, 5.74) is 11.6. The SMILES string of the molecule is Nc1ccccc1C1CCc2cccc(P(c3ccccc3)c3ccccc3)c21. The first-order valence-electron chi connectivity index (χ1n) is 10.2. The zero-order chi connectivity index (χ0) is 19.6. The number of hydrogen-bond acceptors (Lipinski definition) is 1. The van der Waals surface area contributed by atoms with Gasteiger partial charge in [-0.1, -0.05) is 97.1 Å². The molecule has 0 bridgehead atoms. The van der Waals surface area contributed by atoms with Gasteiger partial charge in [0.2, 0.25) is 0 Å². The second kappa shape index (κ2) is 7.85. The summed E-state index contributed by atoms with van der Waals surface area (Å²) >= 11 is 0. The van der Waals surface area contributed by atoms with Gasteiger partial charge in [-0.3, -0.25) is 0 Å². The lowest BCUT2D eigenvalue weighted by atomic mass is 9.92. The van der Waals surface area contributed by atoms with Crippen molar-refractivity contribution in [1.29, 1.82) is 0 Å². The molecule has 1 atom stereocenters. The van der Waals surface area contributed by atoms with Crippen molar-refractivity contribution >= 4 is 29.5 Å². The Labute approximate surface area is 174 Å². The molecule has 4 aromatic rings. The molecule has 0 saturated carbocycles. The fraction of sp³-hybridized carbons (Fsp3) is 0.111. The Morgan fingerprint density at radius 2 is 1.28 bits per heavy atom. The Morgan fingerprint density at radius 3 is 1.93 bits per heavy atom. The number of para-hydroxylation sites is 1. The summed E-state index contributed by atoms with van der Waals surface area (Å²) in [7, 11) is -0.616. The summed E-state index contributed by atoms with van der Waals surface area (Å²) in [6.07, 6.45) is 2.25. The van der Waals surface area contributed by atoms with Gasteiger partial charge in [-0.2, -0.15) is 0 Å². The molecule has 1 nitrogen and oxygen atoms in total. The predicted octanol–water partition coefficient (Wildman–Crippen LogP) is 5.11. The van der Waals surface area contributed by atoms with Crippen LogP contribution in [0.25, 0.3) is 0 Å². The fourth-order valence-electron chi connectivity index (χ4n) is 4.58. The van der Waals surface area contributed by atoms with Crippen LogP contribution in [0.5, 0.6) is 0 Å². The summed E-state index contributed by atoms with van der Waals surface area (Å²) in [4.78, 5) is 0. The summed E-state index contributed by atoms with van der Waals surface area (Å²) in [5.74, 6) is 0.375. The molecule has 1 unspecified atom stereocenters. The largest absolute Gasteiger partial charge is 0.398 e. The van der Waals surface area contributed by atoms with Crippen LogP contribution in [-0.4, -0.2) is 0 Å². The highest BCUT2D eigenvalue weighted by Crippen LogP contribution is 2.44. The van der Waals surface area contributed by atoms with Gasteiger partial charge in [0.05, 0.1) is 0 Å². The van der Waals surface area contributed by atoms with Crippen LogP contribution in [0.3, 0.4) is 0 Å². The Balaban J connectivity index is 1.72. The third-order valence-electron chi connectivity index (χ3n) is 5.87. The summed E-state index contributed by atoms with van der Waals surface area (Å²) in [6, 6.07) is 37.2. The van der Waals surface area contributed by atoms with E-state index in [1.54, 1.807) is 0 Å². The highest BCUT2D eigenvalue weighted by atomic mass is 31.1. The number of hydrogen-bond donors (Lipinski definition) is 1. The van der Waals surface area contributed by atoms with Gasteiger partial charge in [-0.05, 0) is 59.4 Å². The maximum Gasteiger partial charge on any atom is 0.0352 e. The molecule has 2 N–H and O–H groups in total. The van der Waals surface area contributed by atoms with Crippen LogP contribution in [0.2, 0.25) is 0 Å². The van der Waals surface area contributed by atoms with E-state index in [1.165, 1.54) is 32.6 Å². The smallest absolute Gasteiger partial charge is 0.0352 e. The zero-order valence-electron chi connectivity index (χ0n) is 16.3. The minimum atomic E-state index is -0.616. The highest BCUT2D eigenvalue weighted by molar-refractivity contribution is 7.79. The van der Waals surface area contributed by atoms with Crippen molar-refractivity contribution in [3.63, 3.8) is 0 Å². The Morgan fingerprint density at radius 1 is 0.655 bits per heavy atom. The predicted molar refractivity (Wildman–Crippen MR) is 126 cm³/mol. The normalized spacial score (nSPS) is 15.4. The van der Waals surface area contributed by atoms with Crippen LogP contribution < -0.4 is 21.6 Å². The van der Waals surface area contributed by atoms with E-state index in [1.807, 2.05) is 12.1 Å². The maximum atomic E-state index is 6.41. The molecule has 0 amide bonds. The molecule has 29 heavy (non-hydrogen) atoms. The molecular formula is C27H24NP. The molecule has 0 saturated heterocycles. The molecule has 4 aromatic carbocycles. The Bertz CT molecular complexity index is 1080. The molecular weight excluding hydrogens is 369 g/mol. The van der Waals surface area contributed by atoms with Crippen molar-refractivity contribution in [3.8, 4) is 0 Å². The van der Waals surface area contributed by atoms with Gasteiger partial charge >= 0.3 is 0 Å². The summed E-state index contributed by atoms with van der Waals surface area (Å²) < 4.78 is 0. The lowest BCUT2D eigenvalue weighted by Crippen LogP contribution is -2.24. The molecule has 142 valence electrons. The van der Waals surface area contributed by atoms with E-state index in [4.69, 9.17) is 5.73 Å². The van der Waals surface area contributed by atoms with Crippen LogP contribution in [0, 0.1) is 0 Å². The van der Waals surface area contributed by atoms with Gasteiger partial charge in [0, 0.05) is 11.6 Å². The van der Waals surface area contributed by atoms with Gasteiger partial charge in [-0.25, -0.2) is 0 Å². The van der Waals surface area contributed by atoms with Crippen molar-refractivity contribution in [2.45, 2.75) is 18.8 Å². The van der Waals surface area contributed by atoms with E-state index in [0.717, 1.165) is 18.5 Å². The molecule has 0 aliphatic heterocycles. The fourth-order valence-corrected chi connectivity index (χ4v) is 7.15. The third-order valence-corrected chi connectivity index (χ3v) is 8.37. The average molecular weight is 393 g/mol. The van der Waals surface area contributed by atoms with Gasteiger partial charge in [0.15, 0.2) is 0 Å². The van der Waals surface area contributed by atoms with Crippen molar-refractivity contribution in [3.05, 3.63) is 120 Å². The lowest BCUT2D eigenvalue weighted by Gasteiger charge is -2.25. The number of anilines is 1. The third kappa shape index (κ3) is 3.37. The Kier molecular flexibility index (Phi) is 4.92. The number of nitrogens with two attached hydrogens (primary N) is 1. The first-order chi connectivity index (χ1) is 14.3.